The molecule has 0 amide bonds. The molecule has 2 atom stereocenters. The predicted molar refractivity (Wildman–Crippen MR) is 72.1 cm³/mol. The minimum absolute atomic E-state index is 0.0593. The van der Waals surface area contributed by atoms with Crippen molar-refractivity contribution >= 4 is 25.3 Å². The maximum Gasteiger partial charge on any atom is 0.0329 e. The van der Waals surface area contributed by atoms with Crippen molar-refractivity contribution in [3.63, 3.8) is 0 Å². The Bertz CT molecular complexity index is 420. The highest BCUT2D eigenvalue weighted by Crippen LogP contribution is 2.38. The third-order valence-electron chi connectivity index (χ3n) is 2.95. The van der Waals surface area contributed by atoms with Gasteiger partial charge < -0.3 is 0 Å². The molecule has 0 N–H and O–H groups in total. The Kier molecular flexibility index (Phi) is 2.98. The summed E-state index contributed by atoms with van der Waals surface area (Å²) in [4.78, 5) is 1.03. The van der Waals surface area contributed by atoms with Crippen molar-refractivity contribution in [1.82, 2.24) is 0 Å². The molecule has 2 heteroatoms. The molecule has 1 aromatic carbocycles. The van der Waals surface area contributed by atoms with E-state index in [4.69, 9.17) is 0 Å². The van der Waals surface area contributed by atoms with Crippen LogP contribution >= 0.6 is 25.3 Å². The molecule has 1 aliphatic carbocycles. The molecule has 2 rings (SSSR count). The zero-order chi connectivity index (χ0) is 10.9. The normalized spacial score (nSPS) is 29.4. The lowest BCUT2D eigenvalue weighted by Crippen LogP contribution is -2.31. The van der Waals surface area contributed by atoms with Crippen LogP contribution in [-0.4, -0.2) is 5.25 Å². The fourth-order valence-electron chi connectivity index (χ4n) is 1.90. The van der Waals surface area contributed by atoms with Crippen LogP contribution < -0.4 is 0 Å². The first kappa shape index (κ1) is 10.9. The zero-order valence-corrected chi connectivity index (χ0v) is 10.4. The van der Waals surface area contributed by atoms with Crippen LogP contribution in [0.25, 0.3) is 0 Å². The summed E-state index contributed by atoms with van der Waals surface area (Å²) < 4.78 is 0. The second-order valence-electron chi connectivity index (χ2n) is 3.99. The summed E-state index contributed by atoms with van der Waals surface area (Å²) in [6, 6.07) is 8.20. The van der Waals surface area contributed by atoms with Gasteiger partial charge in [0.15, 0.2) is 0 Å². The van der Waals surface area contributed by atoms with E-state index in [9.17, 15) is 0 Å². The Hall–Kier alpha value is -0.600. The number of hydrogen-bond acceptors (Lipinski definition) is 2. The molecule has 0 aromatic heterocycles. The molecular weight excluding hydrogens is 220 g/mol. The molecule has 0 nitrogen and oxygen atoms in total. The third kappa shape index (κ3) is 1.88. The van der Waals surface area contributed by atoms with Crippen molar-refractivity contribution in [3.05, 3.63) is 54.1 Å². The molecule has 0 aliphatic heterocycles. The maximum atomic E-state index is 4.63. The Balaban J connectivity index is 2.50. The van der Waals surface area contributed by atoms with Gasteiger partial charge in [0.05, 0.1) is 0 Å². The van der Waals surface area contributed by atoms with E-state index in [2.05, 4.69) is 56.5 Å². The van der Waals surface area contributed by atoms with E-state index in [1.54, 1.807) is 0 Å². The second-order valence-corrected chi connectivity index (χ2v) is 5.03. The number of benzene rings is 1. The van der Waals surface area contributed by atoms with Crippen molar-refractivity contribution in [3.8, 4) is 0 Å². The Morgan fingerprint density at radius 3 is 2.60 bits per heavy atom. The highest BCUT2D eigenvalue weighted by molar-refractivity contribution is 7.81. The first-order valence-electron chi connectivity index (χ1n) is 4.97. The van der Waals surface area contributed by atoms with Gasteiger partial charge in [-0.3, -0.25) is 0 Å². The van der Waals surface area contributed by atoms with Crippen LogP contribution in [0.15, 0.2) is 53.5 Å². The Morgan fingerprint density at radius 1 is 1.20 bits per heavy atom. The van der Waals surface area contributed by atoms with Gasteiger partial charge in [-0.05, 0) is 11.6 Å². The molecule has 1 aliphatic rings. The second kappa shape index (κ2) is 4.11. The molecule has 0 unspecified atom stereocenters. The SMILES string of the molecule is C[C@@]1(c2ccccc2S)C=CC=C[C@@H]1S. The summed E-state index contributed by atoms with van der Waals surface area (Å²) in [5, 5.41) is 0.204. The Morgan fingerprint density at radius 2 is 1.93 bits per heavy atom. The van der Waals surface area contributed by atoms with Gasteiger partial charge in [-0.1, -0.05) is 49.4 Å². The van der Waals surface area contributed by atoms with Crippen LogP contribution in [0, 0.1) is 0 Å². The van der Waals surface area contributed by atoms with Gasteiger partial charge in [-0.25, -0.2) is 0 Å². The smallest absolute Gasteiger partial charge is 0.0329 e. The van der Waals surface area contributed by atoms with E-state index in [-0.39, 0.29) is 10.7 Å². The van der Waals surface area contributed by atoms with Gasteiger partial charge in [-0.15, -0.1) is 12.6 Å². The van der Waals surface area contributed by atoms with Crippen molar-refractivity contribution in [1.29, 1.82) is 0 Å². The summed E-state index contributed by atoms with van der Waals surface area (Å²) in [6.07, 6.45) is 8.43. The minimum Gasteiger partial charge on any atom is -0.170 e. The van der Waals surface area contributed by atoms with E-state index in [0.29, 0.717) is 0 Å². The lowest BCUT2D eigenvalue weighted by Gasteiger charge is -2.33. The molecular formula is C13H14S2. The number of allylic oxidation sites excluding steroid dienone is 3. The van der Waals surface area contributed by atoms with E-state index >= 15 is 0 Å². The van der Waals surface area contributed by atoms with Gasteiger partial charge in [0.1, 0.15) is 0 Å². The minimum atomic E-state index is -0.0593. The summed E-state index contributed by atoms with van der Waals surface area (Å²) in [7, 11) is 0. The zero-order valence-electron chi connectivity index (χ0n) is 8.59. The monoisotopic (exact) mass is 234 g/mol. The van der Waals surface area contributed by atoms with Crippen LogP contribution in [0.2, 0.25) is 0 Å². The fourth-order valence-corrected chi connectivity index (χ4v) is 2.63. The van der Waals surface area contributed by atoms with Crippen molar-refractivity contribution < 1.29 is 0 Å². The summed E-state index contributed by atoms with van der Waals surface area (Å²) in [6.45, 7) is 2.19. The van der Waals surface area contributed by atoms with Crippen molar-refractivity contribution in [2.75, 3.05) is 0 Å². The molecule has 1 aromatic rings. The lowest BCUT2D eigenvalue weighted by atomic mass is 9.77. The van der Waals surface area contributed by atoms with Crippen molar-refractivity contribution in [2.24, 2.45) is 0 Å². The highest BCUT2D eigenvalue weighted by Gasteiger charge is 2.32. The van der Waals surface area contributed by atoms with Crippen LogP contribution in [0.4, 0.5) is 0 Å². The summed E-state index contributed by atoms with van der Waals surface area (Å²) in [5.74, 6) is 0. The predicted octanol–water partition coefficient (Wildman–Crippen LogP) is 3.66. The summed E-state index contributed by atoms with van der Waals surface area (Å²) in [5.41, 5.74) is 1.17. The molecule has 0 bridgehead atoms. The number of hydrogen-bond donors (Lipinski definition) is 2. The van der Waals surface area contributed by atoms with E-state index in [1.165, 1.54) is 5.56 Å². The van der Waals surface area contributed by atoms with Crippen molar-refractivity contribution in [2.45, 2.75) is 22.5 Å². The Labute approximate surface area is 102 Å². The molecule has 0 saturated heterocycles. The lowest BCUT2D eigenvalue weighted by molar-refractivity contribution is 0.604. The van der Waals surface area contributed by atoms with Gasteiger partial charge >= 0.3 is 0 Å². The van der Waals surface area contributed by atoms with E-state index in [1.807, 2.05) is 24.3 Å². The first-order valence-corrected chi connectivity index (χ1v) is 5.93. The van der Waals surface area contributed by atoms with Gasteiger partial charge in [0.25, 0.3) is 0 Å². The van der Waals surface area contributed by atoms with Crippen LogP contribution in [0.1, 0.15) is 12.5 Å². The maximum absolute atomic E-state index is 4.63. The van der Waals surface area contributed by atoms with E-state index < -0.39 is 0 Å². The average molecular weight is 234 g/mol. The molecule has 0 radical (unpaired) electrons. The van der Waals surface area contributed by atoms with Gasteiger partial charge in [0.2, 0.25) is 0 Å². The largest absolute Gasteiger partial charge is 0.170 e. The molecule has 0 heterocycles. The van der Waals surface area contributed by atoms with Crippen LogP contribution in [-0.2, 0) is 5.41 Å². The highest BCUT2D eigenvalue weighted by atomic mass is 32.1. The molecule has 0 saturated carbocycles. The quantitative estimate of drug-likeness (QED) is 0.681. The molecule has 0 fully saturated rings. The van der Waals surface area contributed by atoms with E-state index in [0.717, 1.165) is 4.90 Å². The molecule has 0 spiro atoms. The number of thiol groups is 2. The van der Waals surface area contributed by atoms with Gasteiger partial charge in [0, 0.05) is 15.6 Å². The summed E-state index contributed by atoms with van der Waals surface area (Å²) >= 11 is 9.14. The standard InChI is InChI=1S/C13H14S2/c1-13(9-5-4-8-12(13)15)10-6-2-3-7-11(10)14/h2-9,12,14-15H,1H3/t12-,13-/m0/s1. The topological polar surface area (TPSA) is 0 Å². The molecule has 78 valence electrons. The number of rotatable bonds is 1. The average Bonchev–Trinajstić information content (AvgIpc) is 2.23. The molecule has 15 heavy (non-hydrogen) atoms. The van der Waals surface area contributed by atoms with Crippen LogP contribution in [0.3, 0.4) is 0 Å². The van der Waals surface area contributed by atoms with Crippen LogP contribution in [0.5, 0.6) is 0 Å². The first-order chi connectivity index (χ1) is 7.14. The fraction of sp³-hybridized carbons (Fsp3) is 0.231. The van der Waals surface area contributed by atoms with Gasteiger partial charge in [-0.2, -0.15) is 12.6 Å². The third-order valence-corrected chi connectivity index (χ3v) is 4.04.